The van der Waals surface area contributed by atoms with E-state index in [1.54, 1.807) is 0 Å². The van der Waals surface area contributed by atoms with Gasteiger partial charge >= 0.3 is 5.97 Å². The quantitative estimate of drug-likeness (QED) is 0.448. The zero-order valence-corrected chi connectivity index (χ0v) is 9.01. The first-order valence-electron chi connectivity index (χ1n) is 5.06. The molecule has 0 spiro atoms. The molecule has 0 atom stereocenters. The summed E-state index contributed by atoms with van der Waals surface area (Å²) >= 11 is 0. The van der Waals surface area contributed by atoms with Crippen molar-refractivity contribution in [3.8, 4) is 0 Å². The molecule has 0 aromatic rings. The smallest absolute Gasteiger partial charge is 0.302 e. The molecule has 0 aliphatic heterocycles. The zero-order valence-electron chi connectivity index (χ0n) is 9.01. The van der Waals surface area contributed by atoms with Gasteiger partial charge in [0.05, 0.1) is 6.61 Å². The lowest BCUT2D eigenvalue weighted by atomic mass is 10.3. The summed E-state index contributed by atoms with van der Waals surface area (Å²) in [5.74, 6) is -0.182. The Morgan fingerprint density at radius 2 is 2.00 bits per heavy atom. The molecule has 0 amide bonds. The highest BCUT2D eigenvalue weighted by molar-refractivity contribution is 5.65. The summed E-state index contributed by atoms with van der Waals surface area (Å²) in [5.41, 5.74) is 0. The lowest BCUT2D eigenvalue weighted by molar-refractivity contribution is -0.141. The molecule has 0 aliphatic carbocycles. The Labute approximate surface area is 81.1 Å². The topological polar surface area (TPSA) is 29.5 Å². The van der Waals surface area contributed by atoms with Crippen LogP contribution in [0.1, 0.15) is 33.6 Å². The van der Waals surface area contributed by atoms with Crippen LogP contribution in [0, 0.1) is 0 Å². The van der Waals surface area contributed by atoms with Gasteiger partial charge in [0.1, 0.15) is 0 Å². The Kier molecular flexibility index (Phi) is 7.69. The first kappa shape index (κ1) is 12.4. The van der Waals surface area contributed by atoms with Crippen LogP contribution in [-0.2, 0) is 9.53 Å². The Morgan fingerprint density at radius 3 is 2.46 bits per heavy atom. The summed E-state index contributed by atoms with van der Waals surface area (Å²) in [6.45, 7) is 9.57. The molecule has 0 rings (SSSR count). The molecule has 0 aliphatic rings. The van der Waals surface area contributed by atoms with Gasteiger partial charge in [0.2, 0.25) is 0 Å². The van der Waals surface area contributed by atoms with Gasteiger partial charge in [-0.2, -0.15) is 0 Å². The van der Waals surface area contributed by atoms with Crippen LogP contribution in [-0.4, -0.2) is 37.1 Å². The second-order valence-corrected chi connectivity index (χ2v) is 3.13. The molecular formula is C10H21NO2. The van der Waals surface area contributed by atoms with E-state index in [-0.39, 0.29) is 5.97 Å². The van der Waals surface area contributed by atoms with Gasteiger partial charge in [-0.05, 0) is 25.9 Å². The largest absolute Gasteiger partial charge is 0.466 e. The zero-order chi connectivity index (χ0) is 10.1. The number of esters is 1. The number of hydrogen-bond donors (Lipinski definition) is 0. The normalized spacial score (nSPS) is 10.5. The van der Waals surface area contributed by atoms with E-state index in [0.717, 1.165) is 26.1 Å². The molecule has 3 heteroatoms. The van der Waals surface area contributed by atoms with Crippen LogP contribution < -0.4 is 0 Å². The fraction of sp³-hybridized carbons (Fsp3) is 0.900. The van der Waals surface area contributed by atoms with Crippen LogP contribution in [0.3, 0.4) is 0 Å². The number of carbonyl (C=O) groups is 1. The molecule has 0 bridgehead atoms. The molecule has 0 aromatic heterocycles. The number of ether oxygens (including phenoxy) is 1. The van der Waals surface area contributed by atoms with Crippen molar-refractivity contribution in [3.05, 3.63) is 0 Å². The molecule has 0 radical (unpaired) electrons. The highest BCUT2D eigenvalue weighted by Gasteiger charge is 2.00. The average Bonchev–Trinajstić information content (AvgIpc) is 2.10. The number of rotatable bonds is 7. The second kappa shape index (κ2) is 8.05. The van der Waals surface area contributed by atoms with Crippen molar-refractivity contribution in [2.75, 3.05) is 26.2 Å². The third-order valence-corrected chi connectivity index (χ3v) is 1.91. The van der Waals surface area contributed by atoms with Gasteiger partial charge < -0.3 is 9.64 Å². The maximum atomic E-state index is 10.4. The first-order chi connectivity index (χ1) is 6.20. The van der Waals surface area contributed by atoms with Gasteiger partial charge in [0.15, 0.2) is 0 Å². The maximum absolute atomic E-state index is 10.4. The van der Waals surface area contributed by atoms with E-state index in [1.165, 1.54) is 13.3 Å². The fourth-order valence-electron chi connectivity index (χ4n) is 1.25. The van der Waals surface area contributed by atoms with Gasteiger partial charge in [-0.15, -0.1) is 0 Å². The highest BCUT2D eigenvalue weighted by Crippen LogP contribution is 1.94. The van der Waals surface area contributed by atoms with Crippen LogP contribution in [0.2, 0.25) is 0 Å². The summed E-state index contributed by atoms with van der Waals surface area (Å²) in [6.07, 6.45) is 2.12. The van der Waals surface area contributed by atoms with Gasteiger partial charge in [-0.25, -0.2) is 0 Å². The van der Waals surface area contributed by atoms with Crippen LogP contribution in [0.4, 0.5) is 0 Å². The van der Waals surface area contributed by atoms with Crippen molar-refractivity contribution in [1.82, 2.24) is 4.90 Å². The van der Waals surface area contributed by atoms with Gasteiger partial charge in [-0.3, -0.25) is 4.79 Å². The molecule has 0 aromatic carbocycles. The van der Waals surface area contributed by atoms with Crippen molar-refractivity contribution in [2.24, 2.45) is 0 Å². The van der Waals surface area contributed by atoms with Crippen LogP contribution in [0.5, 0.6) is 0 Å². The molecular weight excluding hydrogens is 166 g/mol. The van der Waals surface area contributed by atoms with E-state index >= 15 is 0 Å². The van der Waals surface area contributed by atoms with Crippen molar-refractivity contribution in [2.45, 2.75) is 33.6 Å². The van der Waals surface area contributed by atoms with E-state index in [9.17, 15) is 4.79 Å². The van der Waals surface area contributed by atoms with E-state index in [4.69, 9.17) is 4.74 Å². The van der Waals surface area contributed by atoms with E-state index in [1.807, 2.05) is 0 Å². The third kappa shape index (κ3) is 7.78. The Bertz CT molecular complexity index is 137. The summed E-state index contributed by atoms with van der Waals surface area (Å²) in [6, 6.07) is 0. The molecule has 3 nitrogen and oxygen atoms in total. The fourth-order valence-corrected chi connectivity index (χ4v) is 1.25. The molecule has 13 heavy (non-hydrogen) atoms. The highest BCUT2D eigenvalue weighted by atomic mass is 16.5. The predicted octanol–water partition coefficient (Wildman–Crippen LogP) is 1.67. The van der Waals surface area contributed by atoms with Crippen molar-refractivity contribution >= 4 is 5.97 Å². The summed E-state index contributed by atoms with van der Waals surface area (Å²) < 4.78 is 4.85. The van der Waals surface area contributed by atoms with Crippen LogP contribution in [0.15, 0.2) is 0 Å². The maximum Gasteiger partial charge on any atom is 0.302 e. The summed E-state index contributed by atoms with van der Waals surface area (Å²) in [7, 11) is 0. The molecule has 0 heterocycles. The molecule has 0 saturated heterocycles. The van der Waals surface area contributed by atoms with Gasteiger partial charge in [0, 0.05) is 13.5 Å². The molecule has 0 unspecified atom stereocenters. The monoisotopic (exact) mass is 187 g/mol. The lowest BCUT2D eigenvalue weighted by Crippen LogP contribution is -2.26. The van der Waals surface area contributed by atoms with Crippen molar-refractivity contribution < 1.29 is 9.53 Å². The summed E-state index contributed by atoms with van der Waals surface area (Å²) in [4.78, 5) is 12.8. The first-order valence-corrected chi connectivity index (χ1v) is 5.06. The third-order valence-electron chi connectivity index (χ3n) is 1.91. The number of carbonyl (C=O) groups excluding carboxylic acids is 1. The van der Waals surface area contributed by atoms with E-state index in [0.29, 0.717) is 6.61 Å². The standard InChI is InChI=1S/C10H21NO2/c1-4-7-11(5-2)8-6-9-13-10(3)12/h4-9H2,1-3H3. The molecule has 78 valence electrons. The van der Waals surface area contributed by atoms with Gasteiger partial charge in [0.25, 0.3) is 0 Å². The molecule has 0 saturated carbocycles. The van der Waals surface area contributed by atoms with Crippen LogP contribution in [0.25, 0.3) is 0 Å². The average molecular weight is 187 g/mol. The molecule has 0 N–H and O–H groups in total. The Hall–Kier alpha value is -0.570. The molecule has 0 fully saturated rings. The lowest BCUT2D eigenvalue weighted by Gasteiger charge is -2.18. The predicted molar refractivity (Wildman–Crippen MR) is 53.7 cm³/mol. The second-order valence-electron chi connectivity index (χ2n) is 3.13. The van der Waals surface area contributed by atoms with Crippen molar-refractivity contribution in [1.29, 1.82) is 0 Å². The minimum atomic E-state index is -0.182. The Balaban J connectivity index is 3.32. The SMILES string of the molecule is CCCN(CC)CCCOC(C)=O. The number of hydrogen-bond acceptors (Lipinski definition) is 3. The van der Waals surface area contributed by atoms with Crippen molar-refractivity contribution in [3.63, 3.8) is 0 Å². The number of nitrogens with zero attached hydrogens (tertiary/aromatic N) is 1. The minimum absolute atomic E-state index is 0.182. The minimum Gasteiger partial charge on any atom is -0.466 e. The van der Waals surface area contributed by atoms with Crippen LogP contribution >= 0.6 is 0 Å². The van der Waals surface area contributed by atoms with E-state index in [2.05, 4.69) is 18.7 Å². The van der Waals surface area contributed by atoms with Gasteiger partial charge in [-0.1, -0.05) is 13.8 Å². The van der Waals surface area contributed by atoms with E-state index < -0.39 is 0 Å². The Morgan fingerprint density at radius 1 is 1.31 bits per heavy atom. The summed E-state index contributed by atoms with van der Waals surface area (Å²) in [5, 5.41) is 0.